The second-order valence-corrected chi connectivity index (χ2v) is 5.66. The van der Waals surface area contributed by atoms with Gasteiger partial charge in [-0.2, -0.15) is 0 Å². The third kappa shape index (κ3) is 2.31. The van der Waals surface area contributed by atoms with Crippen LogP contribution in [0.4, 0.5) is 4.39 Å². The highest BCUT2D eigenvalue weighted by Gasteiger charge is 2.16. The fraction of sp³-hybridized carbons (Fsp3) is 0. The van der Waals surface area contributed by atoms with Gasteiger partial charge in [0.1, 0.15) is 5.82 Å². The molecule has 0 unspecified atom stereocenters. The minimum atomic E-state index is -0.509. The van der Waals surface area contributed by atoms with Crippen LogP contribution in [0.15, 0.2) is 30.5 Å². The van der Waals surface area contributed by atoms with Crippen LogP contribution in [0.3, 0.4) is 0 Å². The number of aldehydes is 1. The summed E-state index contributed by atoms with van der Waals surface area (Å²) in [5.74, 6) is -0.509. The molecule has 6 heteroatoms. The van der Waals surface area contributed by atoms with Crippen molar-refractivity contribution in [2.24, 2.45) is 0 Å². The Hall–Kier alpha value is -1.55. The Balaban J connectivity index is 2.30. The summed E-state index contributed by atoms with van der Waals surface area (Å²) in [4.78, 5) is 13.8. The Morgan fingerprint density at radius 1 is 1.10 bits per heavy atom. The second kappa shape index (κ2) is 5.34. The number of H-pyrrole nitrogens is 1. The van der Waals surface area contributed by atoms with Gasteiger partial charge >= 0.3 is 0 Å². The Morgan fingerprint density at radius 3 is 2.38 bits per heavy atom. The molecule has 0 saturated heterocycles. The maximum Gasteiger partial charge on any atom is 0.152 e. The van der Waals surface area contributed by atoms with Crippen LogP contribution in [0.5, 0.6) is 0 Å². The molecule has 3 rings (SSSR count). The second-order valence-electron chi connectivity index (χ2n) is 4.47. The van der Waals surface area contributed by atoms with E-state index in [1.807, 2.05) is 0 Å². The monoisotopic (exact) mass is 341 g/mol. The van der Waals surface area contributed by atoms with Crippen LogP contribution in [-0.2, 0) is 0 Å². The van der Waals surface area contributed by atoms with Crippen LogP contribution in [0.1, 0.15) is 10.4 Å². The zero-order valence-corrected chi connectivity index (χ0v) is 12.7. The lowest BCUT2D eigenvalue weighted by atomic mass is 10.0. The molecule has 106 valence electrons. The molecular formula is C15H7Cl3FNO. The van der Waals surface area contributed by atoms with Crippen molar-refractivity contribution in [3.05, 3.63) is 56.9 Å². The molecule has 0 saturated carbocycles. The molecule has 0 aliphatic carbocycles. The summed E-state index contributed by atoms with van der Waals surface area (Å²) in [6.07, 6.45) is 2.07. The van der Waals surface area contributed by atoms with Crippen molar-refractivity contribution in [2.45, 2.75) is 0 Å². The maximum absolute atomic E-state index is 14.7. The van der Waals surface area contributed by atoms with Gasteiger partial charge < -0.3 is 4.98 Å². The molecule has 0 fully saturated rings. The minimum absolute atomic E-state index is 0.221. The first kappa shape index (κ1) is 14.4. The molecule has 2 aromatic carbocycles. The van der Waals surface area contributed by atoms with Crippen LogP contribution in [0, 0.1) is 5.82 Å². The number of aromatic nitrogens is 1. The summed E-state index contributed by atoms with van der Waals surface area (Å²) in [7, 11) is 0. The van der Waals surface area contributed by atoms with Crippen molar-refractivity contribution >= 4 is 52.0 Å². The van der Waals surface area contributed by atoms with Crippen molar-refractivity contribution in [2.75, 3.05) is 0 Å². The van der Waals surface area contributed by atoms with E-state index in [0.29, 0.717) is 22.9 Å². The van der Waals surface area contributed by atoms with Crippen molar-refractivity contribution in [1.82, 2.24) is 4.98 Å². The fourth-order valence-electron chi connectivity index (χ4n) is 2.23. The third-order valence-corrected chi connectivity index (χ3v) is 4.43. The SMILES string of the molecule is O=Cc1c[nH]c2ccc(-c3cc(Cl)c(Cl)c(Cl)c3)c(F)c12. The lowest BCUT2D eigenvalue weighted by Gasteiger charge is -2.08. The molecular weight excluding hydrogens is 336 g/mol. The zero-order chi connectivity index (χ0) is 15.1. The van der Waals surface area contributed by atoms with E-state index < -0.39 is 5.82 Å². The van der Waals surface area contributed by atoms with E-state index in [2.05, 4.69) is 4.98 Å². The lowest BCUT2D eigenvalue weighted by molar-refractivity contribution is 0.112. The summed E-state index contributed by atoms with van der Waals surface area (Å²) in [5.41, 5.74) is 1.59. The molecule has 2 nitrogen and oxygen atoms in total. The lowest BCUT2D eigenvalue weighted by Crippen LogP contribution is -1.89. The van der Waals surface area contributed by atoms with Crippen LogP contribution >= 0.6 is 34.8 Å². The zero-order valence-electron chi connectivity index (χ0n) is 10.4. The van der Waals surface area contributed by atoms with Gasteiger partial charge in [0, 0.05) is 28.2 Å². The predicted molar refractivity (Wildman–Crippen MR) is 84.1 cm³/mol. The molecule has 1 heterocycles. The number of carbonyl (C=O) groups excluding carboxylic acids is 1. The number of fused-ring (bicyclic) bond motifs is 1. The number of hydrogen-bond donors (Lipinski definition) is 1. The smallest absolute Gasteiger partial charge is 0.152 e. The Labute approximate surface area is 134 Å². The normalized spacial score (nSPS) is 11.0. The quantitative estimate of drug-likeness (QED) is 0.467. The van der Waals surface area contributed by atoms with Crippen molar-refractivity contribution in [3.63, 3.8) is 0 Å². The molecule has 1 N–H and O–H groups in total. The molecule has 0 spiro atoms. The van der Waals surface area contributed by atoms with Gasteiger partial charge in [-0.05, 0) is 29.8 Å². The summed E-state index contributed by atoms with van der Waals surface area (Å²) >= 11 is 17.8. The molecule has 0 aliphatic rings. The van der Waals surface area contributed by atoms with Crippen LogP contribution < -0.4 is 0 Å². The topological polar surface area (TPSA) is 32.9 Å². The van der Waals surface area contributed by atoms with E-state index in [4.69, 9.17) is 34.8 Å². The van der Waals surface area contributed by atoms with Crippen LogP contribution in [0.2, 0.25) is 15.1 Å². The highest BCUT2D eigenvalue weighted by Crippen LogP contribution is 2.37. The van der Waals surface area contributed by atoms with E-state index in [-0.39, 0.29) is 26.0 Å². The van der Waals surface area contributed by atoms with Crippen LogP contribution in [0.25, 0.3) is 22.0 Å². The summed E-state index contributed by atoms with van der Waals surface area (Å²) in [6.45, 7) is 0. The Morgan fingerprint density at radius 2 is 1.76 bits per heavy atom. The maximum atomic E-state index is 14.7. The van der Waals surface area contributed by atoms with E-state index >= 15 is 0 Å². The minimum Gasteiger partial charge on any atom is -0.360 e. The van der Waals surface area contributed by atoms with E-state index in [1.165, 1.54) is 18.3 Å². The first-order valence-electron chi connectivity index (χ1n) is 5.92. The molecule has 21 heavy (non-hydrogen) atoms. The highest BCUT2D eigenvalue weighted by molar-refractivity contribution is 6.48. The summed E-state index contributed by atoms with van der Waals surface area (Å²) in [5, 5.41) is 0.940. The van der Waals surface area contributed by atoms with E-state index in [1.54, 1.807) is 12.1 Å². The number of carbonyl (C=O) groups is 1. The van der Waals surface area contributed by atoms with E-state index in [0.717, 1.165) is 0 Å². The highest BCUT2D eigenvalue weighted by atomic mass is 35.5. The van der Waals surface area contributed by atoms with Gasteiger partial charge in [-0.1, -0.05) is 34.8 Å². The number of halogens is 4. The number of aromatic amines is 1. The number of nitrogens with one attached hydrogen (secondary N) is 1. The summed E-state index contributed by atoms with van der Waals surface area (Å²) < 4.78 is 14.7. The van der Waals surface area contributed by atoms with Crippen molar-refractivity contribution in [1.29, 1.82) is 0 Å². The van der Waals surface area contributed by atoms with Gasteiger partial charge in [0.05, 0.1) is 15.1 Å². The van der Waals surface area contributed by atoms with Crippen LogP contribution in [-0.4, -0.2) is 11.3 Å². The first-order valence-corrected chi connectivity index (χ1v) is 7.06. The number of hydrogen-bond acceptors (Lipinski definition) is 1. The van der Waals surface area contributed by atoms with Gasteiger partial charge in [-0.3, -0.25) is 4.79 Å². The molecule has 0 radical (unpaired) electrons. The van der Waals surface area contributed by atoms with Gasteiger partial charge in [0.15, 0.2) is 6.29 Å². The Bertz CT molecular complexity index is 850. The van der Waals surface area contributed by atoms with Crippen molar-refractivity contribution < 1.29 is 9.18 Å². The van der Waals surface area contributed by atoms with E-state index in [9.17, 15) is 9.18 Å². The average Bonchev–Trinajstić information content (AvgIpc) is 2.88. The first-order chi connectivity index (χ1) is 10.0. The van der Waals surface area contributed by atoms with Gasteiger partial charge in [0.2, 0.25) is 0 Å². The van der Waals surface area contributed by atoms with Crippen molar-refractivity contribution in [3.8, 4) is 11.1 Å². The number of benzene rings is 2. The largest absolute Gasteiger partial charge is 0.360 e. The van der Waals surface area contributed by atoms with Gasteiger partial charge in [-0.15, -0.1) is 0 Å². The average molecular weight is 343 g/mol. The molecule has 3 aromatic rings. The molecule has 0 atom stereocenters. The molecule has 0 aliphatic heterocycles. The molecule has 0 bridgehead atoms. The fourth-order valence-corrected chi connectivity index (χ4v) is 2.83. The molecule has 0 amide bonds. The third-order valence-electron chi connectivity index (χ3n) is 3.24. The van der Waals surface area contributed by atoms with Gasteiger partial charge in [-0.25, -0.2) is 4.39 Å². The molecule has 1 aromatic heterocycles. The standard InChI is InChI=1S/C15H7Cl3FNO/c16-10-3-7(4-11(17)14(10)18)9-1-2-12-13(15(9)19)8(6-21)5-20-12/h1-6,20H. The van der Waals surface area contributed by atoms with Gasteiger partial charge in [0.25, 0.3) is 0 Å². The Kier molecular flexibility index (Phi) is 3.66. The predicted octanol–water partition coefficient (Wildman–Crippen LogP) is 5.75. The summed E-state index contributed by atoms with van der Waals surface area (Å²) in [6, 6.07) is 6.36. The number of rotatable bonds is 2.